The van der Waals surface area contributed by atoms with Gasteiger partial charge in [-0.15, -0.1) is 10.2 Å². The predicted molar refractivity (Wildman–Crippen MR) is 84.2 cm³/mol. The molecule has 114 valence electrons. The number of hydrogen-bond acceptors (Lipinski definition) is 6. The van der Waals surface area contributed by atoms with Crippen LogP contribution in [-0.4, -0.2) is 24.7 Å². The lowest BCUT2D eigenvalue weighted by atomic mass is 9.96. The van der Waals surface area contributed by atoms with E-state index in [-0.39, 0.29) is 16.0 Å². The van der Waals surface area contributed by atoms with E-state index in [1.807, 2.05) is 26.8 Å². The molecule has 0 N–H and O–H groups in total. The minimum Gasteiger partial charge on any atom is -0.258 e. The van der Waals surface area contributed by atoms with Crippen LogP contribution in [0, 0.1) is 17.0 Å². The third-order valence-corrected chi connectivity index (χ3v) is 4.33. The zero-order chi connectivity index (χ0) is 16.1. The van der Waals surface area contributed by atoms with Crippen LogP contribution < -0.4 is 0 Å². The Labute approximate surface area is 130 Å². The maximum Gasteiger partial charge on any atom is 0.273 e. The number of rotatable bonds is 2. The first kappa shape index (κ1) is 14.6. The number of aromatic nitrogens is 4. The lowest BCUT2D eigenvalue weighted by Gasteiger charge is -2.13. The molecule has 3 aromatic rings. The van der Waals surface area contributed by atoms with Crippen molar-refractivity contribution in [1.82, 2.24) is 19.8 Å². The Morgan fingerprint density at radius 3 is 2.64 bits per heavy atom. The van der Waals surface area contributed by atoms with E-state index in [1.54, 1.807) is 17.5 Å². The average Bonchev–Trinajstić information content (AvgIpc) is 2.96. The SMILES string of the molecule is Cc1c(-c2nn3c(C(C)(C)C)nnc3s2)cccc1[N+](=O)[O-]. The van der Waals surface area contributed by atoms with Crippen molar-refractivity contribution in [3.63, 3.8) is 0 Å². The standard InChI is InChI=1S/C14H15N5O2S/c1-8-9(6-5-7-10(8)19(20)21)11-17-18-12(14(2,3)4)15-16-13(18)22-11/h5-7H,1-4H3. The summed E-state index contributed by atoms with van der Waals surface area (Å²) in [5, 5.41) is 24.7. The molecule has 0 unspecified atom stereocenters. The van der Waals surface area contributed by atoms with Crippen molar-refractivity contribution in [2.45, 2.75) is 33.1 Å². The van der Waals surface area contributed by atoms with Gasteiger partial charge in [0.15, 0.2) is 5.82 Å². The average molecular weight is 317 g/mol. The summed E-state index contributed by atoms with van der Waals surface area (Å²) in [6.07, 6.45) is 0. The largest absolute Gasteiger partial charge is 0.273 e. The third-order valence-electron chi connectivity index (χ3n) is 3.39. The van der Waals surface area contributed by atoms with E-state index >= 15 is 0 Å². The van der Waals surface area contributed by atoms with Crippen LogP contribution in [0.1, 0.15) is 32.2 Å². The quantitative estimate of drug-likeness (QED) is 0.534. The van der Waals surface area contributed by atoms with Gasteiger partial charge in [-0.2, -0.15) is 9.61 Å². The molecule has 7 nitrogen and oxygen atoms in total. The Hall–Kier alpha value is -2.35. The van der Waals surface area contributed by atoms with Crippen molar-refractivity contribution in [2.24, 2.45) is 0 Å². The summed E-state index contributed by atoms with van der Waals surface area (Å²) in [6.45, 7) is 7.86. The Morgan fingerprint density at radius 1 is 1.27 bits per heavy atom. The van der Waals surface area contributed by atoms with Crippen molar-refractivity contribution in [1.29, 1.82) is 0 Å². The highest BCUT2D eigenvalue weighted by Gasteiger charge is 2.24. The summed E-state index contributed by atoms with van der Waals surface area (Å²) in [4.78, 5) is 11.4. The summed E-state index contributed by atoms with van der Waals surface area (Å²) in [7, 11) is 0. The first-order chi connectivity index (χ1) is 10.3. The van der Waals surface area contributed by atoms with E-state index < -0.39 is 0 Å². The van der Waals surface area contributed by atoms with Gasteiger partial charge in [-0.25, -0.2) is 0 Å². The Balaban J connectivity index is 2.18. The van der Waals surface area contributed by atoms with Crippen LogP contribution >= 0.6 is 11.3 Å². The number of benzene rings is 1. The molecule has 1 aromatic carbocycles. The van der Waals surface area contributed by atoms with E-state index in [9.17, 15) is 10.1 Å². The van der Waals surface area contributed by atoms with Crippen LogP contribution in [0.3, 0.4) is 0 Å². The predicted octanol–water partition coefficient (Wildman–Crippen LogP) is 3.37. The molecular formula is C14H15N5O2S. The summed E-state index contributed by atoms with van der Waals surface area (Å²) >= 11 is 1.38. The number of fused-ring (bicyclic) bond motifs is 1. The highest BCUT2D eigenvalue weighted by atomic mass is 32.1. The molecule has 0 amide bonds. The Morgan fingerprint density at radius 2 is 2.00 bits per heavy atom. The first-order valence-corrected chi connectivity index (χ1v) is 7.58. The highest BCUT2D eigenvalue weighted by Crippen LogP contribution is 2.33. The van der Waals surface area contributed by atoms with Crippen LogP contribution in [0.25, 0.3) is 15.5 Å². The van der Waals surface area contributed by atoms with Crippen molar-refractivity contribution in [3.8, 4) is 10.6 Å². The summed E-state index contributed by atoms with van der Waals surface area (Å²) < 4.78 is 1.72. The lowest BCUT2D eigenvalue weighted by Crippen LogP contribution is -2.16. The molecule has 0 aliphatic carbocycles. The van der Waals surface area contributed by atoms with Gasteiger partial charge in [-0.1, -0.05) is 44.2 Å². The molecule has 0 spiro atoms. The van der Waals surface area contributed by atoms with Gasteiger partial charge in [0.1, 0.15) is 5.01 Å². The molecule has 8 heteroatoms. The monoisotopic (exact) mass is 317 g/mol. The number of hydrogen-bond donors (Lipinski definition) is 0. The third kappa shape index (κ3) is 2.25. The first-order valence-electron chi connectivity index (χ1n) is 6.76. The minimum absolute atomic E-state index is 0.0968. The van der Waals surface area contributed by atoms with Crippen molar-refractivity contribution >= 4 is 22.0 Å². The van der Waals surface area contributed by atoms with E-state index in [2.05, 4.69) is 15.3 Å². The van der Waals surface area contributed by atoms with Crippen molar-refractivity contribution < 1.29 is 4.92 Å². The molecule has 0 saturated carbocycles. The van der Waals surface area contributed by atoms with Crippen LogP contribution in [0.5, 0.6) is 0 Å². The highest BCUT2D eigenvalue weighted by molar-refractivity contribution is 7.19. The molecule has 2 heterocycles. The van der Waals surface area contributed by atoms with Crippen molar-refractivity contribution in [2.75, 3.05) is 0 Å². The molecule has 0 radical (unpaired) electrons. The lowest BCUT2D eigenvalue weighted by molar-refractivity contribution is -0.385. The van der Waals surface area contributed by atoms with Crippen LogP contribution in [0.2, 0.25) is 0 Å². The number of nitro groups is 1. The van der Waals surface area contributed by atoms with Gasteiger partial charge >= 0.3 is 0 Å². The molecule has 22 heavy (non-hydrogen) atoms. The van der Waals surface area contributed by atoms with Gasteiger partial charge in [-0.05, 0) is 6.92 Å². The van der Waals surface area contributed by atoms with Crippen molar-refractivity contribution in [3.05, 3.63) is 39.7 Å². The molecular weight excluding hydrogens is 302 g/mol. The van der Waals surface area contributed by atoms with Gasteiger partial charge in [0.05, 0.1) is 4.92 Å². The molecule has 2 aromatic heterocycles. The van der Waals surface area contributed by atoms with E-state index in [0.29, 0.717) is 15.5 Å². The zero-order valence-electron chi connectivity index (χ0n) is 12.7. The van der Waals surface area contributed by atoms with E-state index in [1.165, 1.54) is 17.4 Å². The fourth-order valence-corrected chi connectivity index (χ4v) is 3.17. The molecule has 0 bridgehead atoms. The minimum atomic E-state index is -0.375. The Bertz CT molecular complexity index is 875. The normalized spacial score (nSPS) is 12.0. The van der Waals surface area contributed by atoms with E-state index in [0.717, 1.165) is 11.4 Å². The second-order valence-corrected chi connectivity index (χ2v) is 7.04. The van der Waals surface area contributed by atoms with Gasteiger partial charge < -0.3 is 0 Å². The summed E-state index contributed by atoms with van der Waals surface area (Å²) in [6, 6.07) is 5.01. The molecule has 0 atom stereocenters. The number of nitrogens with zero attached hydrogens (tertiary/aromatic N) is 5. The van der Waals surface area contributed by atoms with Gasteiger partial charge in [-0.3, -0.25) is 10.1 Å². The molecule has 0 aliphatic rings. The smallest absolute Gasteiger partial charge is 0.258 e. The summed E-state index contributed by atoms with van der Waals surface area (Å²) in [5.74, 6) is 0.771. The topological polar surface area (TPSA) is 86.2 Å². The van der Waals surface area contributed by atoms with Gasteiger partial charge in [0, 0.05) is 22.6 Å². The molecule has 0 fully saturated rings. The van der Waals surface area contributed by atoms with E-state index in [4.69, 9.17) is 0 Å². The second kappa shape index (κ2) is 4.84. The Kier molecular flexibility index (Phi) is 3.21. The zero-order valence-corrected chi connectivity index (χ0v) is 13.5. The second-order valence-electron chi connectivity index (χ2n) is 6.08. The fraction of sp³-hybridized carbons (Fsp3) is 0.357. The molecule has 0 aliphatic heterocycles. The van der Waals surface area contributed by atoms with Crippen LogP contribution in [-0.2, 0) is 5.41 Å². The molecule has 0 saturated heterocycles. The number of nitro benzene ring substituents is 1. The van der Waals surface area contributed by atoms with Gasteiger partial charge in [0.2, 0.25) is 4.96 Å². The van der Waals surface area contributed by atoms with Crippen LogP contribution in [0.15, 0.2) is 18.2 Å². The maximum absolute atomic E-state index is 11.1. The molecule has 3 rings (SSSR count). The fourth-order valence-electron chi connectivity index (χ4n) is 2.25. The summed E-state index contributed by atoms with van der Waals surface area (Å²) in [5.41, 5.74) is 1.28. The van der Waals surface area contributed by atoms with Gasteiger partial charge in [0.25, 0.3) is 5.69 Å². The maximum atomic E-state index is 11.1. The van der Waals surface area contributed by atoms with Crippen LogP contribution in [0.4, 0.5) is 5.69 Å².